The normalized spacial score (nSPS) is 14.4. The molecule has 1 amide bonds. The molecule has 1 saturated heterocycles. The van der Waals surface area contributed by atoms with Gasteiger partial charge in [-0.3, -0.25) is 4.79 Å². The highest BCUT2D eigenvalue weighted by molar-refractivity contribution is 6.02. The molecule has 0 unspecified atom stereocenters. The van der Waals surface area contributed by atoms with Gasteiger partial charge in [0.25, 0.3) is 0 Å². The summed E-state index contributed by atoms with van der Waals surface area (Å²) in [7, 11) is 1.74. The minimum Gasteiger partial charge on any atom is -0.356 e. The largest absolute Gasteiger partial charge is 0.356 e. The fourth-order valence-corrected chi connectivity index (χ4v) is 2.86. The lowest BCUT2D eigenvalue weighted by Gasteiger charge is -2.20. The molecule has 2 aromatic rings. The molecule has 1 aromatic carbocycles. The van der Waals surface area contributed by atoms with Gasteiger partial charge in [-0.2, -0.15) is 0 Å². The number of fused-ring (bicyclic) bond motifs is 1. The summed E-state index contributed by atoms with van der Waals surface area (Å²) >= 11 is 0. The van der Waals surface area contributed by atoms with Crippen LogP contribution in [0.5, 0.6) is 0 Å². The number of benzene rings is 1. The molecule has 0 bridgehead atoms. The first-order chi connectivity index (χ1) is 10.6. The summed E-state index contributed by atoms with van der Waals surface area (Å²) in [6.45, 7) is 7.52. The summed E-state index contributed by atoms with van der Waals surface area (Å²) in [6, 6.07) is 5.87. The number of amides is 1. The number of likely N-dealkylation sites (N-methyl/N-ethyl adjacent to an activating group) is 1. The van der Waals surface area contributed by atoms with Crippen LogP contribution in [-0.2, 0) is 4.79 Å². The predicted octanol–water partition coefficient (Wildman–Crippen LogP) is 2.69. The molecule has 0 radical (unpaired) electrons. The number of carbonyl (C=O) groups excluding carboxylic acids is 1. The maximum absolute atomic E-state index is 11.8. The Bertz CT molecular complexity index is 735. The van der Waals surface area contributed by atoms with Gasteiger partial charge in [-0.1, -0.05) is 6.58 Å². The number of anilines is 2. The second-order valence-corrected chi connectivity index (χ2v) is 5.59. The highest BCUT2D eigenvalue weighted by atomic mass is 16.2. The van der Waals surface area contributed by atoms with Crippen molar-refractivity contribution in [3.63, 3.8) is 0 Å². The highest BCUT2D eigenvalue weighted by Gasteiger charge is 2.18. The van der Waals surface area contributed by atoms with Crippen LogP contribution in [0.4, 0.5) is 11.5 Å². The van der Waals surface area contributed by atoms with E-state index in [-0.39, 0.29) is 5.91 Å². The molecule has 22 heavy (non-hydrogen) atoms. The van der Waals surface area contributed by atoms with Crippen molar-refractivity contribution in [3.05, 3.63) is 36.7 Å². The molecule has 0 N–H and O–H groups in total. The van der Waals surface area contributed by atoms with Gasteiger partial charge < -0.3 is 9.80 Å². The van der Waals surface area contributed by atoms with E-state index in [9.17, 15) is 4.79 Å². The monoisotopic (exact) mass is 296 g/mol. The number of nitrogens with zero attached hydrogens (tertiary/aromatic N) is 4. The smallest absolute Gasteiger partial charge is 0.250 e. The Morgan fingerprint density at radius 1 is 1.32 bits per heavy atom. The number of hydrogen-bond acceptors (Lipinski definition) is 4. The molecule has 3 rings (SSSR count). The molecule has 5 heteroatoms. The van der Waals surface area contributed by atoms with E-state index in [0.717, 1.165) is 41.3 Å². The van der Waals surface area contributed by atoms with Crippen molar-refractivity contribution in [2.24, 2.45) is 0 Å². The van der Waals surface area contributed by atoms with Gasteiger partial charge in [0.15, 0.2) is 0 Å². The van der Waals surface area contributed by atoms with Crippen LogP contribution in [0.15, 0.2) is 30.9 Å². The Labute approximate surface area is 130 Å². The Hall–Kier alpha value is -2.43. The number of carbonyl (C=O) groups is 1. The minimum absolute atomic E-state index is 0.134. The summed E-state index contributed by atoms with van der Waals surface area (Å²) in [6.07, 6.45) is 3.73. The van der Waals surface area contributed by atoms with E-state index in [2.05, 4.69) is 21.4 Å². The molecule has 1 fully saturated rings. The second-order valence-electron chi connectivity index (χ2n) is 5.59. The van der Waals surface area contributed by atoms with Crippen LogP contribution in [-0.4, -0.2) is 36.0 Å². The maximum atomic E-state index is 11.8. The van der Waals surface area contributed by atoms with Gasteiger partial charge in [0.1, 0.15) is 11.6 Å². The van der Waals surface area contributed by atoms with E-state index in [4.69, 9.17) is 0 Å². The first kappa shape index (κ1) is 14.5. The van der Waals surface area contributed by atoms with E-state index >= 15 is 0 Å². The van der Waals surface area contributed by atoms with Gasteiger partial charge in [-0.25, -0.2) is 9.97 Å². The molecule has 0 spiro atoms. The Balaban J connectivity index is 2.09. The topological polar surface area (TPSA) is 49.3 Å². The quantitative estimate of drug-likeness (QED) is 0.817. The van der Waals surface area contributed by atoms with Crippen LogP contribution in [0, 0.1) is 6.92 Å². The van der Waals surface area contributed by atoms with E-state index in [0.29, 0.717) is 0 Å². The molecule has 1 aliphatic heterocycles. The lowest BCUT2D eigenvalue weighted by Crippen LogP contribution is -2.24. The first-order valence-corrected chi connectivity index (χ1v) is 7.53. The average molecular weight is 296 g/mol. The third kappa shape index (κ3) is 2.54. The molecular formula is C17H20N4O. The maximum Gasteiger partial charge on any atom is 0.250 e. The van der Waals surface area contributed by atoms with Crippen LogP contribution in [0.2, 0.25) is 0 Å². The zero-order chi connectivity index (χ0) is 15.7. The molecule has 0 atom stereocenters. The Morgan fingerprint density at radius 3 is 2.73 bits per heavy atom. The van der Waals surface area contributed by atoms with Gasteiger partial charge in [0, 0.05) is 31.2 Å². The summed E-state index contributed by atoms with van der Waals surface area (Å²) in [5.74, 6) is 1.62. The molecule has 1 aromatic heterocycles. The standard InChI is InChI=1S/C17H20N4O/c1-4-16(22)20(3)13-7-8-14-15(11-13)18-12(2)19-17(14)21-9-5-6-10-21/h4,7-8,11H,1,5-6,9-10H2,2-3H3. The number of aromatic nitrogens is 2. The molecule has 114 valence electrons. The van der Waals surface area contributed by atoms with E-state index < -0.39 is 0 Å². The van der Waals surface area contributed by atoms with Gasteiger partial charge in [0.2, 0.25) is 5.91 Å². The SMILES string of the molecule is C=CC(=O)N(C)c1ccc2c(N3CCCC3)nc(C)nc2c1. The van der Waals surface area contributed by atoms with E-state index in [1.807, 2.05) is 25.1 Å². The first-order valence-electron chi connectivity index (χ1n) is 7.53. The Kier molecular flexibility index (Phi) is 3.79. The van der Waals surface area contributed by atoms with Crippen molar-refractivity contribution in [3.8, 4) is 0 Å². The van der Waals surface area contributed by atoms with Crippen molar-refractivity contribution in [1.29, 1.82) is 0 Å². The summed E-state index contributed by atoms with van der Waals surface area (Å²) in [5, 5.41) is 1.04. The fraction of sp³-hybridized carbons (Fsp3) is 0.353. The van der Waals surface area contributed by atoms with Crippen LogP contribution in [0.25, 0.3) is 10.9 Å². The van der Waals surface area contributed by atoms with Crippen molar-refractivity contribution >= 4 is 28.3 Å². The molecule has 1 aliphatic rings. The van der Waals surface area contributed by atoms with Crippen molar-refractivity contribution in [1.82, 2.24) is 9.97 Å². The molecule has 5 nitrogen and oxygen atoms in total. The van der Waals surface area contributed by atoms with Gasteiger partial charge in [-0.15, -0.1) is 0 Å². The van der Waals surface area contributed by atoms with E-state index in [1.54, 1.807) is 11.9 Å². The highest BCUT2D eigenvalue weighted by Crippen LogP contribution is 2.29. The predicted molar refractivity (Wildman–Crippen MR) is 89.3 cm³/mol. The lowest BCUT2D eigenvalue weighted by molar-refractivity contribution is -0.113. The van der Waals surface area contributed by atoms with Crippen LogP contribution >= 0.6 is 0 Å². The number of aryl methyl sites for hydroxylation is 1. The van der Waals surface area contributed by atoms with Crippen LogP contribution < -0.4 is 9.80 Å². The van der Waals surface area contributed by atoms with Gasteiger partial charge in [-0.05, 0) is 44.0 Å². The van der Waals surface area contributed by atoms with Crippen LogP contribution in [0.3, 0.4) is 0 Å². The van der Waals surface area contributed by atoms with E-state index in [1.165, 1.54) is 18.9 Å². The molecule has 0 aliphatic carbocycles. The number of hydrogen-bond donors (Lipinski definition) is 0. The third-order valence-electron chi connectivity index (χ3n) is 4.07. The van der Waals surface area contributed by atoms with Crippen molar-refractivity contribution in [2.45, 2.75) is 19.8 Å². The summed E-state index contributed by atoms with van der Waals surface area (Å²) < 4.78 is 0. The van der Waals surface area contributed by atoms with Crippen molar-refractivity contribution in [2.75, 3.05) is 29.9 Å². The molecular weight excluding hydrogens is 276 g/mol. The molecule has 2 heterocycles. The summed E-state index contributed by atoms with van der Waals surface area (Å²) in [5.41, 5.74) is 1.68. The zero-order valence-corrected chi connectivity index (χ0v) is 13.0. The minimum atomic E-state index is -0.134. The third-order valence-corrected chi connectivity index (χ3v) is 4.07. The average Bonchev–Trinajstić information content (AvgIpc) is 3.06. The second kappa shape index (κ2) is 5.75. The lowest BCUT2D eigenvalue weighted by atomic mass is 10.2. The summed E-state index contributed by atoms with van der Waals surface area (Å²) in [4.78, 5) is 24.8. The number of rotatable bonds is 3. The zero-order valence-electron chi connectivity index (χ0n) is 13.0. The Morgan fingerprint density at radius 2 is 2.05 bits per heavy atom. The molecule has 0 saturated carbocycles. The van der Waals surface area contributed by atoms with Crippen molar-refractivity contribution < 1.29 is 4.79 Å². The fourth-order valence-electron chi connectivity index (χ4n) is 2.86. The van der Waals surface area contributed by atoms with Gasteiger partial charge >= 0.3 is 0 Å². The van der Waals surface area contributed by atoms with Gasteiger partial charge in [0.05, 0.1) is 5.52 Å². The van der Waals surface area contributed by atoms with Crippen LogP contribution in [0.1, 0.15) is 18.7 Å².